The molecule has 0 unspecified atom stereocenters. The fraction of sp³-hybridized carbons (Fsp3) is 0.176. The molecule has 0 atom stereocenters. The van der Waals surface area contributed by atoms with Crippen LogP contribution in [0.5, 0.6) is 0 Å². The van der Waals surface area contributed by atoms with Gasteiger partial charge in [0, 0.05) is 15.5 Å². The Hall–Kier alpha value is -1.40. The van der Waals surface area contributed by atoms with Crippen LogP contribution in [0.3, 0.4) is 0 Å². The van der Waals surface area contributed by atoms with Gasteiger partial charge in [0.1, 0.15) is 0 Å². The van der Waals surface area contributed by atoms with Crippen LogP contribution in [0.25, 0.3) is 11.3 Å². The lowest BCUT2D eigenvalue weighted by Gasteiger charge is -2.04. The minimum atomic E-state index is -0.143. The van der Waals surface area contributed by atoms with E-state index in [1.807, 2.05) is 17.5 Å². The number of hydrogen-bond acceptors (Lipinski definition) is 4. The molecule has 0 saturated heterocycles. The maximum Gasteiger partial charge on any atom is 0.267 e. The van der Waals surface area contributed by atoms with Crippen LogP contribution in [0.1, 0.15) is 27.9 Å². The molecule has 1 N–H and O–H groups in total. The van der Waals surface area contributed by atoms with E-state index < -0.39 is 0 Å². The number of amides is 1. The van der Waals surface area contributed by atoms with Gasteiger partial charge in [0.05, 0.1) is 15.6 Å². The molecule has 1 aromatic carbocycles. The van der Waals surface area contributed by atoms with E-state index in [1.165, 1.54) is 22.7 Å². The molecule has 124 valence electrons. The predicted octanol–water partition coefficient (Wildman–Crippen LogP) is 6.38. The largest absolute Gasteiger partial charge is 0.297 e. The number of aryl methyl sites for hydroxylation is 1. The van der Waals surface area contributed by atoms with Gasteiger partial charge in [0.15, 0.2) is 5.13 Å². The van der Waals surface area contributed by atoms with E-state index in [0.29, 0.717) is 20.1 Å². The molecule has 0 bridgehead atoms. The summed E-state index contributed by atoms with van der Waals surface area (Å²) in [6, 6.07) is 9.00. The van der Waals surface area contributed by atoms with Crippen LogP contribution in [0, 0.1) is 0 Å². The molecule has 3 aromatic rings. The van der Waals surface area contributed by atoms with Crippen LogP contribution in [0.15, 0.2) is 35.7 Å². The number of carbonyl (C=O) groups is 1. The van der Waals surface area contributed by atoms with Crippen molar-refractivity contribution < 1.29 is 4.79 Å². The highest BCUT2D eigenvalue weighted by Crippen LogP contribution is 2.37. The quantitative estimate of drug-likeness (QED) is 0.543. The van der Waals surface area contributed by atoms with Crippen LogP contribution in [-0.2, 0) is 6.42 Å². The van der Waals surface area contributed by atoms with Crippen molar-refractivity contribution in [2.75, 3.05) is 5.32 Å². The maximum absolute atomic E-state index is 12.2. The number of nitrogens with one attached hydrogen (secondary N) is 1. The molecule has 0 saturated carbocycles. The molecule has 3 nitrogen and oxygen atoms in total. The van der Waals surface area contributed by atoms with Gasteiger partial charge in [0.2, 0.25) is 0 Å². The summed E-state index contributed by atoms with van der Waals surface area (Å²) in [6.45, 7) is 2.11. The molecular formula is C17H14Cl2N2OS2. The van der Waals surface area contributed by atoms with E-state index in [0.717, 1.165) is 29.0 Å². The first-order chi connectivity index (χ1) is 11.6. The smallest absolute Gasteiger partial charge is 0.267 e. The zero-order valence-corrected chi connectivity index (χ0v) is 16.0. The first-order valence-electron chi connectivity index (χ1n) is 7.38. The number of benzene rings is 1. The normalized spacial score (nSPS) is 10.8. The first kappa shape index (κ1) is 17.4. The maximum atomic E-state index is 12.2. The highest BCUT2D eigenvalue weighted by Gasteiger charge is 2.17. The second kappa shape index (κ2) is 7.66. The third-order valence-electron chi connectivity index (χ3n) is 3.33. The Balaban J connectivity index is 1.94. The van der Waals surface area contributed by atoms with Crippen molar-refractivity contribution in [1.29, 1.82) is 0 Å². The molecule has 7 heteroatoms. The van der Waals surface area contributed by atoms with Gasteiger partial charge in [-0.3, -0.25) is 10.1 Å². The Morgan fingerprint density at radius 1 is 1.29 bits per heavy atom. The fourth-order valence-corrected chi connectivity index (χ4v) is 4.45. The average Bonchev–Trinajstić information content (AvgIpc) is 3.18. The lowest BCUT2D eigenvalue weighted by Crippen LogP contribution is -2.09. The number of halogens is 2. The SMILES string of the molecule is CCCc1sc(NC(=O)c2cccs2)nc1-c1ccc(Cl)cc1Cl. The van der Waals surface area contributed by atoms with Crippen molar-refractivity contribution in [2.24, 2.45) is 0 Å². The first-order valence-corrected chi connectivity index (χ1v) is 9.83. The summed E-state index contributed by atoms with van der Waals surface area (Å²) < 4.78 is 0. The minimum absolute atomic E-state index is 0.143. The Morgan fingerprint density at radius 3 is 2.79 bits per heavy atom. The number of rotatable bonds is 5. The molecule has 1 amide bonds. The van der Waals surface area contributed by atoms with E-state index in [9.17, 15) is 4.79 Å². The van der Waals surface area contributed by atoms with Crippen LogP contribution in [0.2, 0.25) is 10.0 Å². The highest BCUT2D eigenvalue weighted by atomic mass is 35.5. The van der Waals surface area contributed by atoms with Crippen LogP contribution in [-0.4, -0.2) is 10.9 Å². The molecule has 3 rings (SSSR count). The van der Waals surface area contributed by atoms with E-state index in [-0.39, 0.29) is 5.91 Å². The van der Waals surface area contributed by atoms with Crippen molar-refractivity contribution in [1.82, 2.24) is 4.98 Å². The summed E-state index contributed by atoms with van der Waals surface area (Å²) in [6.07, 6.45) is 1.86. The van der Waals surface area contributed by atoms with Gasteiger partial charge in [-0.2, -0.15) is 0 Å². The van der Waals surface area contributed by atoms with Crippen molar-refractivity contribution in [2.45, 2.75) is 19.8 Å². The molecule has 2 heterocycles. The summed E-state index contributed by atoms with van der Waals surface area (Å²) in [5.74, 6) is -0.143. The molecule has 0 fully saturated rings. The molecule has 0 spiro atoms. The van der Waals surface area contributed by atoms with Gasteiger partial charge in [-0.15, -0.1) is 22.7 Å². The Labute approximate surface area is 158 Å². The summed E-state index contributed by atoms with van der Waals surface area (Å²) >= 11 is 15.2. The molecule has 0 aliphatic rings. The van der Waals surface area contributed by atoms with E-state index in [1.54, 1.807) is 18.2 Å². The summed E-state index contributed by atoms with van der Waals surface area (Å²) in [4.78, 5) is 18.6. The monoisotopic (exact) mass is 396 g/mol. The van der Waals surface area contributed by atoms with Crippen LogP contribution < -0.4 is 5.32 Å². The second-order valence-electron chi connectivity index (χ2n) is 5.10. The topological polar surface area (TPSA) is 42.0 Å². The van der Waals surface area contributed by atoms with Crippen molar-refractivity contribution in [3.63, 3.8) is 0 Å². The average molecular weight is 397 g/mol. The molecule has 24 heavy (non-hydrogen) atoms. The lowest BCUT2D eigenvalue weighted by atomic mass is 10.1. The van der Waals surface area contributed by atoms with Gasteiger partial charge in [-0.25, -0.2) is 4.98 Å². The zero-order valence-electron chi connectivity index (χ0n) is 12.8. The van der Waals surface area contributed by atoms with Crippen molar-refractivity contribution >= 4 is 56.9 Å². The predicted molar refractivity (Wildman–Crippen MR) is 104 cm³/mol. The number of aromatic nitrogens is 1. The third kappa shape index (κ3) is 3.81. The van der Waals surface area contributed by atoms with Crippen LogP contribution in [0.4, 0.5) is 5.13 Å². The Morgan fingerprint density at radius 2 is 2.12 bits per heavy atom. The van der Waals surface area contributed by atoms with Gasteiger partial charge in [-0.05, 0) is 36.1 Å². The molecule has 2 aromatic heterocycles. The number of thiophene rings is 1. The van der Waals surface area contributed by atoms with E-state index >= 15 is 0 Å². The molecule has 0 aliphatic carbocycles. The van der Waals surface area contributed by atoms with Gasteiger partial charge in [-0.1, -0.05) is 42.6 Å². The third-order valence-corrected chi connectivity index (χ3v) is 5.77. The van der Waals surface area contributed by atoms with Crippen LogP contribution >= 0.6 is 45.9 Å². The highest BCUT2D eigenvalue weighted by molar-refractivity contribution is 7.16. The lowest BCUT2D eigenvalue weighted by molar-refractivity contribution is 0.103. The van der Waals surface area contributed by atoms with E-state index in [2.05, 4.69) is 17.2 Å². The summed E-state index contributed by atoms with van der Waals surface area (Å²) in [7, 11) is 0. The van der Waals surface area contributed by atoms with Crippen molar-refractivity contribution in [3.8, 4) is 11.3 Å². The molecule has 0 aliphatic heterocycles. The Bertz CT molecular complexity index is 860. The molecule has 0 radical (unpaired) electrons. The second-order valence-corrected chi connectivity index (χ2v) is 7.97. The minimum Gasteiger partial charge on any atom is -0.297 e. The fourth-order valence-electron chi connectivity index (χ4n) is 2.26. The zero-order chi connectivity index (χ0) is 17.1. The van der Waals surface area contributed by atoms with Gasteiger partial charge in [0.25, 0.3) is 5.91 Å². The number of anilines is 1. The Kier molecular flexibility index (Phi) is 5.56. The number of carbonyl (C=O) groups excluding carboxylic acids is 1. The van der Waals surface area contributed by atoms with Crippen molar-refractivity contribution in [3.05, 3.63) is 55.5 Å². The standard InChI is InChI=1S/C17H14Cl2N2OS2/c1-2-4-13-15(11-7-6-10(18)9-12(11)19)20-17(24-13)21-16(22)14-5-3-8-23-14/h3,5-9H,2,4H2,1H3,(H,20,21,22). The van der Waals surface area contributed by atoms with Gasteiger partial charge >= 0.3 is 0 Å². The number of nitrogens with zero attached hydrogens (tertiary/aromatic N) is 1. The van der Waals surface area contributed by atoms with E-state index in [4.69, 9.17) is 23.2 Å². The van der Waals surface area contributed by atoms with Gasteiger partial charge < -0.3 is 0 Å². The molecular weight excluding hydrogens is 383 g/mol. The number of thiazole rings is 1. The number of hydrogen-bond donors (Lipinski definition) is 1. The summed E-state index contributed by atoms with van der Waals surface area (Å²) in [5.41, 5.74) is 1.64. The summed E-state index contributed by atoms with van der Waals surface area (Å²) in [5, 5.41) is 6.47.